The van der Waals surface area contributed by atoms with Crippen LogP contribution in [0.1, 0.15) is 43.3 Å². The lowest BCUT2D eigenvalue weighted by atomic mass is 9.97. The molecular weight excluding hydrogens is 382 g/mol. The summed E-state index contributed by atoms with van der Waals surface area (Å²) in [6, 6.07) is 14.8. The first-order valence-corrected chi connectivity index (χ1v) is 10.8. The topological polar surface area (TPSA) is 67.1 Å². The molecule has 2 N–H and O–H groups in total. The lowest BCUT2D eigenvalue weighted by Crippen LogP contribution is -2.41. The van der Waals surface area contributed by atoms with Gasteiger partial charge in [0.15, 0.2) is 4.80 Å². The number of hydrogen-bond donors (Lipinski definition) is 2. The van der Waals surface area contributed by atoms with Gasteiger partial charge >= 0.3 is 6.09 Å². The van der Waals surface area contributed by atoms with E-state index in [-0.39, 0.29) is 12.1 Å². The molecule has 4 rings (SSSR count). The molecule has 0 fully saturated rings. The number of rotatable bonds is 3. The van der Waals surface area contributed by atoms with E-state index in [4.69, 9.17) is 10.1 Å². The molecule has 3 aromatic rings. The Morgan fingerprint density at radius 3 is 2.79 bits per heavy atom. The Morgan fingerprint density at radius 2 is 2.00 bits per heavy atom. The summed E-state index contributed by atoms with van der Waals surface area (Å²) in [4.78, 5) is 13.9. The quantitative estimate of drug-likeness (QED) is 0.663. The maximum Gasteiger partial charge on any atom is 0.407 e. The number of carbonyl (C=O) groups excluding carboxylic acids is 1. The van der Waals surface area contributed by atoms with E-state index in [9.17, 15) is 4.79 Å². The zero-order valence-electron chi connectivity index (χ0n) is 17.1. The molecule has 6 heteroatoms. The van der Waals surface area contributed by atoms with E-state index in [0.717, 1.165) is 19.3 Å². The predicted molar refractivity (Wildman–Crippen MR) is 116 cm³/mol. The van der Waals surface area contributed by atoms with Gasteiger partial charge in [-0.2, -0.15) is 0 Å². The number of alkyl carbamates (subject to hydrolysis) is 1. The van der Waals surface area contributed by atoms with E-state index < -0.39 is 5.60 Å². The number of amides is 1. The number of benzene rings is 2. The molecule has 1 amide bonds. The number of ether oxygens (including phenoxy) is 1. The third kappa shape index (κ3) is 4.37. The first kappa shape index (κ1) is 19.7. The van der Waals surface area contributed by atoms with Crippen LogP contribution in [0.4, 0.5) is 4.79 Å². The Hall–Kier alpha value is -2.60. The normalized spacial score (nSPS) is 16.4. The zero-order valence-corrected chi connectivity index (χ0v) is 17.9. The van der Waals surface area contributed by atoms with Gasteiger partial charge in [0.2, 0.25) is 0 Å². The van der Waals surface area contributed by atoms with Gasteiger partial charge in [-0.05, 0) is 49.9 Å². The molecule has 1 aliphatic rings. The third-order valence-electron chi connectivity index (χ3n) is 5.20. The summed E-state index contributed by atoms with van der Waals surface area (Å²) in [5.41, 5.74) is 1.97. The van der Waals surface area contributed by atoms with Crippen molar-refractivity contribution in [2.75, 3.05) is 0 Å². The fourth-order valence-corrected chi connectivity index (χ4v) is 5.07. The minimum atomic E-state index is -0.497. The van der Waals surface area contributed by atoms with E-state index in [1.807, 2.05) is 20.8 Å². The van der Waals surface area contributed by atoms with Crippen LogP contribution < -0.4 is 10.1 Å². The van der Waals surface area contributed by atoms with Gasteiger partial charge in [-0.1, -0.05) is 42.5 Å². The van der Waals surface area contributed by atoms with Crippen molar-refractivity contribution in [1.29, 1.82) is 5.41 Å². The van der Waals surface area contributed by atoms with Crippen molar-refractivity contribution in [2.24, 2.45) is 0 Å². The number of thiazole rings is 1. The lowest BCUT2D eigenvalue weighted by molar-refractivity contribution is 0.0500. The van der Waals surface area contributed by atoms with Gasteiger partial charge in [-0.3, -0.25) is 5.41 Å². The SMILES string of the molecule is CC(C)(C)OC(=O)NC1CCc2c(sc(=N)n2Cc2cccc3ccccc23)C1. The summed E-state index contributed by atoms with van der Waals surface area (Å²) in [5.74, 6) is 0. The van der Waals surface area contributed by atoms with E-state index in [1.165, 1.54) is 38.2 Å². The van der Waals surface area contributed by atoms with Crippen LogP contribution in [0, 0.1) is 5.41 Å². The van der Waals surface area contributed by atoms with Crippen molar-refractivity contribution in [3.05, 3.63) is 63.4 Å². The Morgan fingerprint density at radius 1 is 1.24 bits per heavy atom. The number of nitrogens with zero attached hydrogens (tertiary/aromatic N) is 1. The molecule has 2 aromatic carbocycles. The Labute approximate surface area is 174 Å². The highest BCUT2D eigenvalue weighted by Gasteiger charge is 2.26. The van der Waals surface area contributed by atoms with Crippen LogP contribution >= 0.6 is 11.3 Å². The summed E-state index contributed by atoms with van der Waals surface area (Å²) < 4.78 is 7.52. The van der Waals surface area contributed by atoms with Gasteiger partial charge in [-0.15, -0.1) is 11.3 Å². The highest BCUT2D eigenvalue weighted by molar-refractivity contribution is 7.09. The Balaban J connectivity index is 1.54. The Bertz CT molecular complexity index is 1100. The molecule has 0 aliphatic heterocycles. The number of carbonyl (C=O) groups is 1. The summed E-state index contributed by atoms with van der Waals surface area (Å²) >= 11 is 1.52. The first-order chi connectivity index (χ1) is 13.8. The van der Waals surface area contributed by atoms with Crippen LogP contribution in [0.25, 0.3) is 10.8 Å². The maximum absolute atomic E-state index is 12.1. The summed E-state index contributed by atoms with van der Waals surface area (Å²) in [6.07, 6.45) is 2.11. The average Bonchev–Trinajstić information content (AvgIpc) is 2.95. The molecule has 0 radical (unpaired) electrons. The minimum Gasteiger partial charge on any atom is -0.444 e. The van der Waals surface area contributed by atoms with Crippen molar-refractivity contribution in [1.82, 2.24) is 9.88 Å². The van der Waals surface area contributed by atoms with Crippen LogP contribution in [0.3, 0.4) is 0 Å². The molecule has 0 bridgehead atoms. The number of fused-ring (bicyclic) bond motifs is 2. The smallest absolute Gasteiger partial charge is 0.407 e. The van der Waals surface area contributed by atoms with Crippen LogP contribution in [0.2, 0.25) is 0 Å². The molecule has 0 spiro atoms. The second-order valence-corrected chi connectivity index (χ2v) is 9.67. The number of hydrogen-bond acceptors (Lipinski definition) is 4. The second-order valence-electron chi connectivity index (χ2n) is 8.59. The fourth-order valence-electron chi connectivity index (χ4n) is 3.94. The van der Waals surface area contributed by atoms with Gasteiger partial charge in [0.05, 0.1) is 6.54 Å². The molecule has 29 heavy (non-hydrogen) atoms. The van der Waals surface area contributed by atoms with E-state index >= 15 is 0 Å². The highest BCUT2D eigenvalue weighted by Crippen LogP contribution is 2.26. The third-order valence-corrected chi connectivity index (χ3v) is 6.27. The number of nitrogens with one attached hydrogen (secondary N) is 2. The van der Waals surface area contributed by atoms with Crippen molar-refractivity contribution in [2.45, 2.75) is 58.2 Å². The molecule has 5 nitrogen and oxygen atoms in total. The minimum absolute atomic E-state index is 0.0569. The molecule has 0 saturated heterocycles. The standard InChI is InChI=1S/C23H27N3O2S/c1-23(2,3)28-22(27)25-17-11-12-19-20(13-17)29-21(24)26(19)14-16-9-6-8-15-7-4-5-10-18(15)16/h4-10,17,24H,11-14H2,1-3H3,(H,25,27). The van der Waals surface area contributed by atoms with Crippen molar-refractivity contribution in [3.63, 3.8) is 0 Å². The molecular formula is C23H27N3O2S. The van der Waals surface area contributed by atoms with Crippen LogP contribution in [0.5, 0.6) is 0 Å². The largest absolute Gasteiger partial charge is 0.444 e. The van der Waals surface area contributed by atoms with Crippen LogP contribution in [-0.2, 0) is 24.1 Å². The molecule has 0 saturated carbocycles. The summed E-state index contributed by atoms with van der Waals surface area (Å²) in [7, 11) is 0. The van der Waals surface area contributed by atoms with Gasteiger partial charge in [-0.25, -0.2) is 4.79 Å². The van der Waals surface area contributed by atoms with Gasteiger partial charge in [0, 0.05) is 23.0 Å². The molecule has 1 unspecified atom stereocenters. The second kappa shape index (κ2) is 7.67. The molecule has 1 heterocycles. The van der Waals surface area contributed by atoms with Crippen molar-refractivity contribution in [3.8, 4) is 0 Å². The summed E-state index contributed by atoms with van der Waals surface area (Å²) in [6.45, 7) is 6.31. The molecule has 1 atom stereocenters. The summed E-state index contributed by atoms with van der Waals surface area (Å²) in [5, 5.41) is 14.0. The predicted octanol–water partition coefficient (Wildman–Crippen LogP) is 4.61. The van der Waals surface area contributed by atoms with Gasteiger partial charge in [0.25, 0.3) is 0 Å². The average molecular weight is 410 g/mol. The van der Waals surface area contributed by atoms with Gasteiger partial charge < -0.3 is 14.6 Å². The lowest BCUT2D eigenvalue weighted by Gasteiger charge is -2.26. The molecule has 152 valence electrons. The van der Waals surface area contributed by atoms with Crippen molar-refractivity contribution >= 4 is 28.2 Å². The monoisotopic (exact) mass is 409 g/mol. The van der Waals surface area contributed by atoms with E-state index in [1.54, 1.807) is 0 Å². The van der Waals surface area contributed by atoms with Crippen LogP contribution in [0.15, 0.2) is 42.5 Å². The molecule has 1 aliphatic carbocycles. The molecule has 1 aromatic heterocycles. The Kier molecular flexibility index (Phi) is 5.21. The fraction of sp³-hybridized carbons (Fsp3) is 0.391. The zero-order chi connectivity index (χ0) is 20.6. The van der Waals surface area contributed by atoms with E-state index in [0.29, 0.717) is 11.3 Å². The number of aromatic nitrogens is 1. The maximum atomic E-state index is 12.1. The van der Waals surface area contributed by atoms with Crippen molar-refractivity contribution < 1.29 is 9.53 Å². The first-order valence-electron chi connectivity index (χ1n) is 10.0. The highest BCUT2D eigenvalue weighted by atomic mass is 32.1. The van der Waals surface area contributed by atoms with E-state index in [2.05, 4.69) is 52.3 Å². The van der Waals surface area contributed by atoms with Gasteiger partial charge in [0.1, 0.15) is 5.60 Å². The van der Waals surface area contributed by atoms with Crippen LogP contribution in [-0.4, -0.2) is 22.3 Å².